The Bertz CT molecular complexity index is 685. The monoisotopic (exact) mass is 229 g/mol. The minimum Gasteiger partial charge on any atom is -0.266 e. The van der Waals surface area contributed by atoms with Crippen molar-refractivity contribution in [3.05, 3.63) is 41.2 Å². The Morgan fingerprint density at radius 2 is 2.00 bits per heavy atom. The van der Waals surface area contributed by atoms with Crippen LogP contribution in [0.25, 0.3) is 16.7 Å². The van der Waals surface area contributed by atoms with Crippen LogP contribution in [0.1, 0.15) is 0 Å². The van der Waals surface area contributed by atoms with Crippen molar-refractivity contribution in [3.8, 4) is 5.69 Å². The van der Waals surface area contributed by atoms with Crippen molar-refractivity contribution in [1.82, 2.24) is 25.2 Å². The molecule has 16 heavy (non-hydrogen) atoms. The van der Waals surface area contributed by atoms with Gasteiger partial charge in [0.1, 0.15) is 15.7 Å². The van der Waals surface area contributed by atoms with Crippen LogP contribution in [-0.2, 0) is 0 Å². The summed E-state index contributed by atoms with van der Waals surface area (Å²) < 4.78 is 2.24. The third-order valence-electron chi connectivity index (χ3n) is 2.27. The largest absolute Gasteiger partial charge is 0.266 e. The van der Waals surface area contributed by atoms with Crippen molar-refractivity contribution in [2.45, 2.75) is 0 Å². The lowest BCUT2D eigenvalue weighted by molar-refractivity contribution is 0.822. The quantitative estimate of drug-likeness (QED) is 0.647. The highest BCUT2D eigenvalue weighted by molar-refractivity contribution is 7.71. The third-order valence-corrected chi connectivity index (χ3v) is 2.55. The summed E-state index contributed by atoms with van der Waals surface area (Å²) in [7, 11) is 0. The zero-order valence-electron chi connectivity index (χ0n) is 8.16. The van der Waals surface area contributed by atoms with Crippen molar-refractivity contribution in [2.24, 2.45) is 0 Å². The predicted molar refractivity (Wildman–Crippen MR) is 61.8 cm³/mol. The van der Waals surface area contributed by atoms with Gasteiger partial charge in [0.05, 0.1) is 11.9 Å². The van der Waals surface area contributed by atoms with Crippen LogP contribution >= 0.6 is 12.2 Å². The van der Waals surface area contributed by atoms with Crippen LogP contribution in [0.5, 0.6) is 0 Å². The molecule has 78 valence electrons. The van der Waals surface area contributed by atoms with E-state index in [9.17, 15) is 0 Å². The molecule has 0 aliphatic carbocycles. The van der Waals surface area contributed by atoms with Crippen molar-refractivity contribution in [1.29, 1.82) is 0 Å². The number of hydrogen-bond acceptors (Lipinski definition) is 4. The van der Waals surface area contributed by atoms with E-state index in [4.69, 9.17) is 12.2 Å². The van der Waals surface area contributed by atoms with E-state index in [0.717, 1.165) is 11.2 Å². The van der Waals surface area contributed by atoms with Gasteiger partial charge < -0.3 is 0 Å². The van der Waals surface area contributed by atoms with Gasteiger partial charge in [0.25, 0.3) is 0 Å². The van der Waals surface area contributed by atoms with E-state index in [1.165, 1.54) is 0 Å². The topological polar surface area (TPSA) is 59.4 Å². The molecule has 3 rings (SSSR count). The lowest BCUT2D eigenvalue weighted by atomic mass is 10.3. The van der Waals surface area contributed by atoms with Gasteiger partial charge in [0, 0.05) is 0 Å². The average Bonchev–Trinajstić information content (AvgIpc) is 2.75. The number of benzene rings is 1. The summed E-state index contributed by atoms with van der Waals surface area (Å²) in [6, 6.07) is 9.73. The molecule has 0 aliphatic rings. The van der Waals surface area contributed by atoms with Crippen LogP contribution in [0.2, 0.25) is 0 Å². The summed E-state index contributed by atoms with van der Waals surface area (Å²) in [5, 5.41) is 14.7. The minimum absolute atomic E-state index is 0.534. The molecule has 0 bridgehead atoms. The molecule has 0 aliphatic heterocycles. The van der Waals surface area contributed by atoms with Gasteiger partial charge >= 0.3 is 0 Å². The van der Waals surface area contributed by atoms with Crippen molar-refractivity contribution >= 4 is 23.3 Å². The maximum absolute atomic E-state index is 5.18. The second kappa shape index (κ2) is 3.49. The van der Waals surface area contributed by atoms with Crippen LogP contribution in [0, 0.1) is 4.64 Å². The summed E-state index contributed by atoms with van der Waals surface area (Å²) in [5.74, 6) is 0. The number of nitrogens with one attached hydrogen (secondary N) is 1. The molecule has 0 radical (unpaired) electrons. The number of rotatable bonds is 1. The highest BCUT2D eigenvalue weighted by Gasteiger charge is 2.07. The molecule has 0 fully saturated rings. The van der Waals surface area contributed by atoms with Gasteiger partial charge in [-0.1, -0.05) is 35.6 Å². The zero-order chi connectivity index (χ0) is 11.0. The Kier molecular flexibility index (Phi) is 2.00. The average molecular weight is 229 g/mol. The smallest absolute Gasteiger partial charge is 0.148 e. The summed E-state index contributed by atoms with van der Waals surface area (Å²) in [6.45, 7) is 0. The van der Waals surface area contributed by atoms with Gasteiger partial charge in [-0.25, -0.2) is 4.68 Å². The van der Waals surface area contributed by atoms with Gasteiger partial charge in [0.2, 0.25) is 0 Å². The second-order valence-corrected chi connectivity index (χ2v) is 3.68. The first-order chi connectivity index (χ1) is 7.86. The number of para-hydroxylation sites is 1. The van der Waals surface area contributed by atoms with Gasteiger partial charge in [0.15, 0.2) is 0 Å². The molecule has 0 atom stereocenters. The normalized spacial score (nSPS) is 10.8. The fourth-order valence-corrected chi connectivity index (χ4v) is 1.79. The van der Waals surface area contributed by atoms with Crippen LogP contribution in [0.15, 0.2) is 36.5 Å². The number of aromatic amines is 1. The Hall–Kier alpha value is -2.08. The van der Waals surface area contributed by atoms with Gasteiger partial charge in [-0.15, -0.1) is 5.10 Å². The molecular weight excluding hydrogens is 222 g/mol. The van der Waals surface area contributed by atoms with Gasteiger partial charge in [-0.3, -0.25) is 5.10 Å². The Labute approximate surface area is 95.7 Å². The molecule has 0 saturated heterocycles. The predicted octanol–water partition coefficient (Wildman–Crippen LogP) is 1.87. The van der Waals surface area contributed by atoms with Gasteiger partial charge in [-0.05, 0) is 12.1 Å². The number of fused-ring (bicyclic) bond motifs is 1. The van der Waals surface area contributed by atoms with E-state index in [2.05, 4.69) is 20.5 Å². The first kappa shape index (κ1) is 9.17. The maximum atomic E-state index is 5.18. The van der Waals surface area contributed by atoms with E-state index in [0.29, 0.717) is 10.2 Å². The first-order valence-electron chi connectivity index (χ1n) is 4.71. The summed E-state index contributed by atoms with van der Waals surface area (Å²) in [4.78, 5) is 0. The number of aromatic nitrogens is 5. The second-order valence-electron chi connectivity index (χ2n) is 3.27. The Morgan fingerprint density at radius 3 is 2.81 bits per heavy atom. The van der Waals surface area contributed by atoms with E-state index >= 15 is 0 Å². The number of hydrogen-bond donors (Lipinski definition) is 1. The summed E-state index contributed by atoms with van der Waals surface area (Å²) in [6.07, 6.45) is 1.61. The SMILES string of the molecule is S=c1[nH]ncc2nnn(-c3ccccc3)c12. The molecule has 2 heterocycles. The molecular formula is C10H7N5S. The summed E-state index contributed by atoms with van der Waals surface area (Å²) >= 11 is 5.18. The molecule has 0 amide bonds. The molecule has 1 N–H and O–H groups in total. The summed E-state index contributed by atoms with van der Waals surface area (Å²) in [5.41, 5.74) is 2.39. The van der Waals surface area contributed by atoms with Crippen LogP contribution < -0.4 is 0 Å². The van der Waals surface area contributed by atoms with E-state index in [1.807, 2.05) is 30.3 Å². The standard InChI is InChI=1S/C10H7N5S/c16-10-9-8(6-11-13-10)12-14-15(9)7-4-2-1-3-5-7/h1-6H,(H,13,16). The molecule has 0 spiro atoms. The molecule has 2 aromatic heterocycles. The van der Waals surface area contributed by atoms with Crippen LogP contribution in [0.4, 0.5) is 0 Å². The van der Waals surface area contributed by atoms with E-state index in [-0.39, 0.29) is 0 Å². The van der Waals surface area contributed by atoms with Crippen LogP contribution in [-0.4, -0.2) is 25.2 Å². The van der Waals surface area contributed by atoms with Crippen molar-refractivity contribution in [2.75, 3.05) is 0 Å². The van der Waals surface area contributed by atoms with Crippen molar-refractivity contribution in [3.63, 3.8) is 0 Å². The molecule has 1 aromatic carbocycles. The maximum Gasteiger partial charge on any atom is 0.148 e. The van der Waals surface area contributed by atoms with Gasteiger partial charge in [-0.2, -0.15) is 5.10 Å². The Balaban J connectivity index is 2.38. The Morgan fingerprint density at radius 1 is 1.19 bits per heavy atom. The van der Waals surface area contributed by atoms with E-state index < -0.39 is 0 Å². The first-order valence-corrected chi connectivity index (χ1v) is 5.11. The highest BCUT2D eigenvalue weighted by Crippen LogP contribution is 2.14. The molecule has 0 saturated carbocycles. The lowest BCUT2D eigenvalue weighted by Gasteiger charge is -2.00. The van der Waals surface area contributed by atoms with Crippen LogP contribution in [0.3, 0.4) is 0 Å². The lowest BCUT2D eigenvalue weighted by Crippen LogP contribution is -1.97. The molecule has 5 nitrogen and oxygen atoms in total. The molecule has 3 aromatic rings. The third kappa shape index (κ3) is 1.31. The fraction of sp³-hybridized carbons (Fsp3) is 0. The van der Waals surface area contributed by atoms with Crippen molar-refractivity contribution < 1.29 is 0 Å². The fourth-order valence-electron chi connectivity index (χ4n) is 1.55. The molecule has 6 heteroatoms. The number of H-pyrrole nitrogens is 1. The zero-order valence-corrected chi connectivity index (χ0v) is 8.98. The molecule has 0 unspecified atom stereocenters. The minimum atomic E-state index is 0.534. The highest BCUT2D eigenvalue weighted by atomic mass is 32.1. The van der Waals surface area contributed by atoms with E-state index in [1.54, 1.807) is 10.9 Å². The number of nitrogens with zero attached hydrogens (tertiary/aromatic N) is 4.